The Morgan fingerprint density at radius 3 is 2.63 bits per heavy atom. The zero-order valence-electron chi connectivity index (χ0n) is 18.4. The molecule has 0 radical (unpaired) electrons. The van der Waals surface area contributed by atoms with E-state index in [2.05, 4.69) is 47.9 Å². The van der Waals surface area contributed by atoms with Gasteiger partial charge in [-0.3, -0.25) is 14.0 Å². The Labute approximate surface area is 176 Å². The Morgan fingerprint density at radius 2 is 2.00 bits per heavy atom. The Balaban J connectivity index is 1.38. The van der Waals surface area contributed by atoms with E-state index >= 15 is 0 Å². The third-order valence-corrected chi connectivity index (χ3v) is 6.29. The Morgan fingerprint density at radius 1 is 1.20 bits per heavy atom. The number of piperazine rings is 1. The number of pyridine rings is 1. The number of hydrogen-bond acceptors (Lipinski definition) is 6. The zero-order valence-corrected chi connectivity index (χ0v) is 18.4. The van der Waals surface area contributed by atoms with Crippen LogP contribution in [-0.4, -0.2) is 49.3 Å². The van der Waals surface area contributed by atoms with Gasteiger partial charge in [0.25, 0.3) is 0 Å². The van der Waals surface area contributed by atoms with E-state index < -0.39 is 0 Å². The van der Waals surface area contributed by atoms with Crippen LogP contribution in [0.15, 0.2) is 27.5 Å². The summed E-state index contributed by atoms with van der Waals surface area (Å²) in [6, 6.07) is 7.10. The van der Waals surface area contributed by atoms with Crippen molar-refractivity contribution in [1.82, 2.24) is 24.2 Å². The highest BCUT2D eigenvalue weighted by molar-refractivity contribution is 5.74. The fourth-order valence-electron chi connectivity index (χ4n) is 4.97. The number of aryl methyl sites for hydroxylation is 2. The van der Waals surface area contributed by atoms with Crippen molar-refractivity contribution in [2.45, 2.75) is 59.3 Å². The minimum absolute atomic E-state index is 0.00148. The molecule has 0 aromatic carbocycles. The number of likely N-dealkylation sites (tertiary alicyclic amines) is 1. The minimum Gasteiger partial charge on any atom is -0.361 e. The predicted octanol–water partition coefficient (Wildman–Crippen LogP) is 2.54. The van der Waals surface area contributed by atoms with Gasteiger partial charge >= 0.3 is 5.69 Å². The second-order valence-corrected chi connectivity index (χ2v) is 10.1. The van der Waals surface area contributed by atoms with Gasteiger partial charge in [0.15, 0.2) is 5.65 Å². The molecule has 2 saturated heterocycles. The summed E-state index contributed by atoms with van der Waals surface area (Å²) in [6.45, 7) is 11.8. The molecule has 5 rings (SSSR count). The highest BCUT2D eigenvalue weighted by atomic mass is 16.5. The fourth-order valence-corrected chi connectivity index (χ4v) is 4.97. The average molecular weight is 411 g/mol. The van der Waals surface area contributed by atoms with Crippen LogP contribution in [0.25, 0.3) is 11.2 Å². The van der Waals surface area contributed by atoms with Crippen LogP contribution < -0.4 is 10.6 Å². The molecule has 8 nitrogen and oxygen atoms in total. The van der Waals surface area contributed by atoms with E-state index in [4.69, 9.17) is 9.51 Å². The van der Waals surface area contributed by atoms with Crippen molar-refractivity contribution in [3.63, 3.8) is 0 Å². The van der Waals surface area contributed by atoms with Gasteiger partial charge in [0.1, 0.15) is 11.6 Å². The van der Waals surface area contributed by atoms with E-state index in [1.807, 2.05) is 24.6 Å². The normalized spacial score (nSPS) is 22.0. The first-order valence-electron chi connectivity index (χ1n) is 10.7. The molecule has 0 aliphatic carbocycles. The van der Waals surface area contributed by atoms with Crippen molar-refractivity contribution in [3.8, 4) is 0 Å². The average Bonchev–Trinajstić information content (AvgIpc) is 3.43. The highest BCUT2D eigenvalue weighted by Crippen LogP contribution is 2.35. The molecule has 2 atom stereocenters. The van der Waals surface area contributed by atoms with Crippen molar-refractivity contribution >= 4 is 17.0 Å². The number of nitrogens with zero attached hydrogens (tertiary/aromatic N) is 6. The topological polar surface area (TPSA) is 72.3 Å². The smallest absolute Gasteiger partial charge is 0.330 e. The van der Waals surface area contributed by atoms with Crippen LogP contribution in [0.1, 0.15) is 38.6 Å². The van der Waals surface area contributed by atoms with Crippen molar-refractivity contribution in [2.24, 2.45) is 12.5 Å². The zero-order chi connectivity index (χ0) is 21.2. The summed E-state index contributed by atoms with van der Waals surface area (Å²) >= 11 is 0. The first-order chi connectivity index (χ1) is 14.2. The molecule has 2 unspecified atom stereocenters. The van der Waals surface area contributed by atoms with Crippen LogP contribution in [0.3, 0.4) is 0 Å². The van der Waals surface area contributed by atoms with Crippen molar-refractivity contribution < 1.29 is 4.52 Å². The van der Waals surface area contributed by atoms with Crippen LogP contribution in [0.4, 0.5) is 5.82 Å². The molecule has 5 heterocycles. The molecule has 2 aliphatic rings. The number of anilines is 1. The summed E-state index contributed by atoms with van der Waals surface area (Å²) in [5.41, 5.74) is 2.70. The predicted molar refractivity (Wildman–Crippen MR) is 116 cm³/mol. The van der Waals surface area contributed by atoms with Gasteiger partial charge in [-0.15, -0.1) is 0 Å². The summed E-state index contributed by atoms with van der Waals surface area (Å²) in [4.78, 5) is 22.6. The first kappa shape index (κ1) is 19.4. The van der Waals surface area contributed by atoms with Crippen LogP contribution in [0, 0.1) is 12.3 Å². The third kappa shape index (κ3) is 3.23. The van der Waals surface area contributed by atoms with Crippen LogP contribution in [0.2, 0.25) is 0 Å². The molecule has 2 aliphatic heterocycles. The maximum Gasteiger partial charge on any atom is 0.330 e. The lowest BCUT2D eigenvalue weighted by molar-refractivity contribution is 0.223. The van der Waals surface area contributed by atoms with Crippen molar-refractivity contribution in [2.75, 3.05) is 18.0 Å². The Hall–Kier alpha value is -2.61. The molecule has 2 fully saturated rings. The number of aromatic nitrogens is 4. The van der Waals surface area contributed by atoms with Crippen molar-refractivity contribution in [3.05, 3.63) is 40.1 Å². The van der Waals surface area contributed by atoms with Gasteiger partial charge in [0.05, 0.1) is 11.2 Å². The lowest BCUT2D eigenvalue weighted by Crippen LogP contribution is -2.46. The van der Waals surface area contributed by atoms with Crippen molar-refractivity contribution in [1.29, 1.82) is 0 Å². The molecule has 3 aromatic rings. The van der Waals surface area contributed by atoms with Crippen LogP contribution in [0.5, 0.6) is 0 Å². The van der Waals surface area contributed by atoms with Crippen LogP contribution in [-0.2, 0) is 20.1 Å². The van der Waals surface area contributed by atoms with E-state index in [0.29, 0.717) is 18.6 Å². The SMILES string of the molecule is Cc1cc(CN2CC3CC2CN3c2ccc3c(n2)n(C)c(=O)n3CC(C)(C)C)no1. The molecular formula is C22H30N6O2. The molecule has 0 N–H and O–H groups in total. The summed E-state index contributed by atoms with van der Waals surface area (Å²) in [7, 11) is 1.82. The lowest BCUT2D eigenvalue weighted by atomic mass is 9.97. The maximum absolute atomic E-state index is 12.8. The summed E-state index contributed by atoms with van der Waals surface area (Å²) in [5, 5.41) is 4.14. The van der Waals surface area contributed by atoms with Crippen LogP contribution >= 0.6 is 0 Å². The number of fused-ring (bicyclic) bond motifs is 3. The van der Waals surface area contributed by atoms with E-state index in [1.54, 1.807) is 4.57 Å². The summed E-state index contributed by atoms with van der Waals surface area (Å²) in [5.74, 6) is 1.83. The molecule has 0 spiro atoms. The molecular weight excluding hydrogens is 380 g/mol. The van der Waals surface area contributed by atoms with Gasteiger partial charge in [-0.1, -0.05) is 25.9 Å². The molecule has 3 aromatic heterocycles. The summed E-state index contributed by atoms with van der Waals surface area (Å²) < 4.78 is 8.74. The third-order valence-electron chi connectivity index (χ3n) is 6.29. The Bertz CT molecular complexity index is 1150. The largest absolute Gasteiger partial charge is 0.361 e. The molecule has 30 heavy (non-hydrogen) atoms. The molecule has 160 valence electrons. The highest BCUT2D eigenvalue weighted by Gasteiger charge is 2.44. The molecule has 2 bridgehead atoms. The van der Waals surface area contributed by atoms with E-state index in [0.717, 1.165) is 54.5 Å². The van der Waals surface area contributed by atoms with Gasteiger partial charge in [0, 0.05) is 51.4 Å². The minimum atomic E-state index is 0.00148. The fraction of sp³-hybridized carbons (Fsp3) is 0.591. The van der Waals surface area contributed by atoms with Gasteiger partial charge < -0.3 is 9.42 Å². The monoisotopic (exact) mass is 410 g/mol. The quantitative estimate of drug-likeness (QED) is 0.658. The standard InChI is InChI=1S/C22H30N6O2/c1-14-8-15(24-30-14)10-26-11-17-9-16(26)12-27(17)19-7-6-18-20(23-19)25(5)21(29)28(18)13-22(2,3)4/h6-8,16-17H,9-13H2,1-5H3. The second kappa shape index (κ2) is 6.70. The van der Waals surface area contributed by atoms with E-state index in [-0.39, 0.29) is 11.1 Å². The Kier molecular flexibility index (Phi) is 4.32. The molecule has 0 amide bonds. The maximum atomic E-state index is 12.8. The van der Waals surface area contributed by atoms with E-state index in [9.17, 15) is 4.79 Å². The first-order valence-corrected chi connectivity index (χ1v) is 10.7. The molecule has 8 heteroatoms. The number of rotatable bonds is 4. The number of imidazole rings is 1. The lowest BCUT2D eigenvalue weighted by Gasteiger charge is -2.34. The van der Waals surface area contributed by atoms with Gasteiger partial charge in [-0.05, 0) is 30.9 Å². The van der Waals surface area contributed by atoms with Gasteiger partial charge in [-0.2, -0.15) is 0 Å². The molecule has 0 saturated carbocycles. The second-order valence-electron chi connectivity index (χ2n) is 10.1. The van der Waals surface area contributed by atoms with Gasteiger partial charge in [-0.25, -0.2) is 9.78 Å². The van der Waals surface area contributed by atoms with Gasteiger partial charge in [0.2, 0.25) is 0 Å². The summed E-state index contributed by atoms with van der Waals surface area (Å²) in [6.07, 6.45) is 1.14. The van der Waals surface area contributed by atoms with E-state index in [1.165, 1.54) is 0 Å². The number of hydrogen-bond donors (Lipinski definition) is 0.